The maximum atomic E-state index is 12.3. The Morgan fingerprint density at radius 2 is 1.86 bits per heavy atom. The first kappa shape index (κ1) is 28.7. The molecule has 3 unspecified atom stereocenters. The van der Waals surface area contributed by atoms with E-state index in [1.807, 2.05) is 46.8 Å². The van der Waals surface area contributed by atoms with E-state index in [0.29, 0.717) is 30.4 Å². The summed E-state index contributed by atoms with van der Waals surface area (Å²) in [6.45, 7) is 12.8. The van der Waals surface area contributed by atoms with Gasteiger partial charge in [-0.1, -0.05) is 23.3 Å². The van der Waals surface area contributed by atoms with Gasteiger partial charge in [-0.25, -0.2) is 0 Å². The van der Waals surface area contributed by atoms with Crippen molar-refractivity contribution in [2.24, 2.45) is 0 Å². The number of aliphatic hydroxyl groups is 1. The number of esters is 1. The Labute approximate surface area is 209 Å². The van der Waals surface area contributed by atoms with Gasteiger partial charge in [0.15, 0.2) is 11.6 Å². The number of hydrogen-bond acceptors (Lipinski definition) is 6. The van der Waals surface area contributed by atoms with Crippen LogP contribution in [0.2, 0.25) is 0 Å². The van der Waals surface area contributed by atoms with Crippen LogP contribution in [0.5, 0.6) is 0 Å². The van der Waals surface area contributed by atoms with Gasteiger partial charge in [0.1, 0.15) is 6.10 Å². The van der Waals surface area contributed by atoms with Crippen molar-refractivity contribution in [1.29, 1.82) is 0 Å². The number of aliphatic hydroxyl groups excluding tert-OH is 1. The normalized spacial score (nSPS) is 24.3. The first-order valence-corrected chi connectivity index (χ1v) is 12.3. The number of carbonyl (C=O) groups is 3. The third-order valence-electron chi connectivity index (χ3n) is 6.51. The molecule has 192 valence electrons. The van der Waals surface area contributed by atoms with E-state index >= 15 is 0 Å². The number of ether oxygens (including phenoxy) is 2. The Morgan fingerprint density at radius 3 is 2.46 bits per heavy atom. The Balaban J connectivity index is 1.96. The van der Waals surface area contributed by atoms with E-state index in [1.54, 1.807) is 6.92 Å². The average Bonchev–Trinajstić information content (AvgIpc) is 3.01. The van der Waals surface area contributed by atoms with Gasteiger partial charge in [0.25, 0.3) is 0 Å². The van der Waals surface area contributed by atoms with Gasteiger partial charge in [-0.2, -0.15) is 0 Å². The van der Waals surface area contributed by atoms with E-state index in [-0.39, 0.29) is 23.6 Å². The van der Waals surface area contributed by atoms with Crippen LogP contribution >= 0.6 is 0 Å². The van der Waals surface area contributed by atoms with Crippen LogP contribution in [0.25, 0.3) is 0 Å². The fourth-order valence-corrected chi connectivity index (χ4v) is 4.31. The minimum atomic E-state index is -0.524. The largest absolute Gasteiger partial charge is 0.458 e. The van der Waals surface area contributed by atoms with E-state index in [2.05, 4.69) is 6.08 Å². The van der Waals surface area contributed by atoms with Crippen LogP contribution in [0.15, 0.2) is 58.2 Å². The molecular formula is C29H40O6. The second-order valence-electron chi connectivity index (χ2n) is 10.3. The highest BCUT2D eigenvalue weighted by Crippen LogP contribution is 2.33. The van der Waals surface area contributed by atoms with Gasteiger partial charge in [0.05, 0.1) is 17.8 Å². The van der Waals surface area contributed by atoms with Crippen LogP contribution < -0.4 is 0 Å². The molecule has 0 spiro atoms. The molecule has 0 aromatic carbocycles. The molecule has 0 amide bonds. The highest BCUT2D eigenvalue weighted by molar-refractivity contribution is 6.20. The fraction of sp³-hybridized carbons (Fsp3) is 0.552. The summed E-state index contributed by atoms with van der Waals surface area (Å²) < 4.78 is 11.5. The molecule has 1 N–H and O–H groups in total. The topological polar surface area (TPSA) is 89.9 Å². The van der Waals surface area contributed by atoms with E-state index in [4.69, 9.17) is 9.47 Å². The van der Waals surface area contributed by atoms with Gasteiger partial charge < -0.3 is 14.6 Å². The molecule has 1 saturated heterocycles. The summed E-state index contributed by atoms with van der Waals surface area (Å²) in [7, 11) is 0. The average molecular weight is 485 g/mol. The highest BCUT2D eigenvalue weighted by Gasteiger charge is 2.40. The van der Waals surface area contributed by atoms with Crippen molar-refractivity contribution >= 4 is 17.5 Å². The number of ketones is 2. The first-order chi connectivity index (χ1) is 16.3. The number of hydrogen-bond donors (Lipinski definition) is 1. The van der Waals surface area contributed by atoms with Crippen molar-refractivity contribution in [3.8, 4) is 0 Å². The second kappa shape index (κ2) is 12.4. The lowest BCUT2D eigenvalue weighted by atomic mass is 9.93. The Kier molecular flexibility index (Phi) is 10.2. The summed E-state index contributed by atoms with van der Waals surface area (Å²) in [5.41, 5.74) is 3.62. The third kappa shape index (κ3) is 8.86. The van der Waals surface area contributed by atoms with Crippen molar-refractivity contribution in [3.05, 3.63) is 58.2 Å². The molecule has 3 atom stereocenters. The smallest absolute Gasteiger partial charge is 0.303 e. The lowest BCUT2D eigenvalue weighted by Crippen LogP contribution is -2.31. The molecule has 0 bridgehead atoms. The van der Waals surface area contributed by atoms with E-state index < -0.39 is 17.8 Å². The standard InChI is InChI=1S/C29H40O6/c1-18(9-8-10-20(3)26-17-27(32)29(6,7)35-26)13-25(34-22(5)30)14-19(2)11-12-23-16-24(31)15-21(4)28(23)33/h10-11,13,15-16,25-27,32H,8-9,12,14,17H2,1-7H3. The Bertz CT molecular complexity index is 989. The molecule has 6 nitrogen and oxygen atoms in total. The zero-order valence-corrected chi connectivity index (χ0v) is 22.1. The van der Waals surface area contributed by atoms with Gasteiger partial charge in [-0.3, -0.25) is 14.4 Å². The maximum Gasteiger partial charge on any atom is 0.303 e. The number of Topliss-reactive ketones (excluding diaryl/α,β-unsaturated/α-hetero) is 1. The van der Waals surface area contributed by atoms with E-state index in [0.717, 1.165) is 29.6 Å². The molecule has 1 heterocycles. The monoisotopic (exact) mass is 484 g/mol. The van der Waals surface area contributed by atoms with Crippen molar-refractivity contribution < 1.29 is 29.0 Å². The molecule has 2 rings (SSSR count). The summed E-state index contributed by atoms with van der Waals surface area (Å²) in [4.78, 5) is 35.6. The van der Waals surface area contributed by atoms with Gasteiger partial charge in [-0.15, -0.1) is 0 Å². The summed E-state index contributed by atoms with van der Waals surface area (Å²) in [6.07, 6.45) is 11.0. The van der Waals surface area contributed by atoms with Crippen molar-refractivity contribution in [2.75, 3.05) is 0 Å². The van der Waals surface area contributed by atoms with Crippen LogP contribution in [0.1, 0.15) is 80.6 Å². The van der Waals surface area contributed by atoms with Crippen molar-refractivity contribution in [3.63, 3.8) is 0 Å². The SMILES string of the molecule is CC(=O)OC(C=C(C)CCC=C(C)C1CC(O)C(C)(C)O1)CC(C)=CCC1=CC(=O)C=C(C)C1=O. The van der Waals surface area contributed by atoms with Crippen LogP contribution in [0.4, 0.5) is 0 Å². The lowest BCUT2D eigenvalue weighted by Gasteiger charge is -2.22. The summed E-state index contributed by atoms with van der Waals surface area (Å²) >= 11 is 0. The molecule has 1 fully saturated rings. The maximum absolute atomic E-state index is 12.3. The molecule has 0 radical (unpaired) electrons. The van der Waals surface area contributed by atoms with Crippen molar-refractivity contribution in [1.82, 2.24) is 0 Å². The molecule has 0 saturated carbocycles. The van der Waals surface area contributed by atoms with Gasteiger partial charge >= 0.3 is 5.97 Å². The van der Waals surface area contributed by atoms with Crippen LogP contribution in [0, 0.1) is 0 Å². The van der Waals surface area contributed by atoms with E-state index in [9.17, 15) is 19.5 Å². The molecule has 1 aliphatic heterocycles. The van der Waals surface area contributed by atoms with Crippen LogP contribution in [-0.4, -0.2) is 46.6 Å². The predicted octanol–water partition coefficient (Wildman–Crippen LogP) is 5.27. The number of carbonyl (C=O) groups excluding carboxylic acids is 3. The Morgan fingerprint density at radius 1 is 1.17 bits per heavy atom. The lowest BCUT2D eigenvalue weighted by molar-refractivity contribution is -0.144. The van der Waals surface area contributed by atoms with E-state index in [1.165, 1.54) is 19.1 Å². The molecule has 0 aromatic heterocycles. The zero-order chi connectivity index (χ0) is 26.3. The molecule has 2 aliphatic rings. The van der Waals surface area contributed by atoms with Gasteiger partial charge in [0.2, 0.25) is 0 Å². The quantitative estimate of drug-likeness (QED) is 0.258. The number of rotatable bonds is 10. The molecule has 1 aliphatic carbocycles. The minimum Gasteiger partial charge on any atom is -0.458 e. The van der Waals surface area contributed by atoms with Crippen LogP contribution in [-0.2, 0) is 23.9 Å². The van der Waals surface area contributed by atoms with Gasteiger partial charge in [-0.05, 0) is 84.6 Å². The summed E-state index contributed by atoms with van der Waals surface area (Å²) in [5, 5.41) is 10.1. The third-order valence-corrected chi connectivity index (χ3v) is 6.51. The summed E-state index contributed by atoms with van der Waals surface area (Å²) in [5.74, 6) is -0.618. The Hall–Kier alpha value is -2.57. The van der Waals surface area contributed by atoms with Crippen molar-refractivity contribution in [2.45, 2.75) is 104 Å². The fourth-order valence-electron chi connectivity index (χ4n) is 4.31. The molecule has 0 aromatic rings. The summed E-state index contributed by atoms with van der Waals surface area (Å²) in [6, 6.07) is 0. The molecular weight excluding hydrogens is 444 g/mol. The zero-order valence-electron chi connectivity index (χ0n) is 22.1. The highest BCUT2D eigenvalue weighted by atomic mass is 16.5. The number of allylic oxidation sites excluding steroid dienone is 7. The predicted molar refractivity (Wildman–Crippen MR) is 137 cm³/mol. The molecule has 6 heteroatoms. The minimum absolute atomic E-state index is 0.0633. The first-order valence-electron chi connectivity index (χ1n) is 12.3. The second-order valence-corrected chi connectivity index (χ2v) is 10.3. The van der Waals surface area contributed by atoms with Gasteiger partial charge in [0, 0.05) is 30.9 Å². The molecule has 35 heavy (non-hydrogen) atoms. The van der Waals surface area contributed by atoms with Crippen LogP contribution in [0.3, 0.4) is 0 Å².